The number of fused-ring (bicyclic) bond motifs is 2. The van der Waals surface area contributed by atoms with E-state index in [1.54, 1.807) is 7.11 Å². The fraction of sp³-hybridized carbons (Fsp3) is 1.00. The Morgan fingerprint density at radius 2 is 2.38 bits per heavy atom. The molecular formula is C10H18O3. The van der Waals surface area contributed by atoms with E-state index in [0.717, 1.165) is 26.1 Å². The third kappa shape index (κ3) is 1.49. The number of aliphatic hydroxyl groups is 1. The smallest absolute Gasteiger partial charge is 0.0916 e. The van der Waals surface area contributed by atoms with Crippen LogP contribution < -0.4 is 0 Å². The third-order valence-corrected chi connectivity index (χ3v) is 3.57. The molecular weight excluding hydrogens is 168 g/mol. The molecule has 1 aliphatic carbocycles. The predicted molar refractivity (Wildman–Crippen MR) is 48.5 cm³/mol. The van der Waals surface area contributed by atoms with E-state index in [1.807, 2.05) is 6.92 Å². The molecule has 76 valence electrons. The van der Waals surface area contributed by atoms with Gasteiger partial charge in [0.2, 0.25) is 0 Å². The van der Waals surface area contributed by atoms with E-state index in [1.165, 1.54) is 0 Å². The second-order valence-corrected chi connectivity index (χ2v) is 4.55. The summed E-state index contributed by atoms with van der Waals surface area (Å²) in [6.07, 6.45) is 1.50. The van der Waals surface area contributed by atoms with Crippen LogP contribution in [0.5, 0.6) is 0 Å². The molecule has 1 aliphatic heterocycles. The zero-order valence-corrected chi connectivity index (χ0v) is 8.32. The van der Waals surface area contributed by atoms with E-state index in [0.29, 0.717) is 11.8 Å². The normalized spacial score (nSPS) is 49.6. The van der Waals surface area contributed by atoms with Gasteiger partial charge in [-0.15, -0.1) is 0 Å². The summed E-state index contributed by atoms with van der Waals surface area (Å²) in [5.74, 6) is 1.07. The number of aliphatic hydroxyl groups excluding tert-OH is 1. The molecule has 0 radical (unpaired) electrons. The lowest BCUT2D eigenvalue weighted by Gasteiger charge is -2.36. The van der Waals surface area contributed by atoms with Crippen molar-refractivity contribution in [3.8, 4) is 0 Å². The van der Waals surface area contributed by atoms with Gasteiger partial charge >= 0.3 is 0 Å². The van der Waals surface area contributed by atoms with Crippen LogP contribution in [0.3, 0.4) is 0 Å². The first kappa shape index (κ1) is 9.44. The molecule has 2 rings (SSSR count). The lowest BCUT2D eigenvalue weighted by Crippen LogP contribution is -2.44. The third-order valence-electron chi connectivity index (χ3n) is 3.57. The van der Waals surface area contributed by atoms with Gasteiger partial charge in [-0.05, 0) is 31.6 Å². The maximum absolute atomic E-state index is 9.87. The Morgan fingerprint density at radius 1 is 1.62 bits per heavy atom. The number of rotatable bonds is 2. The van der Waals surface area contributed by atoms with Gasteiger partial charge in [0.05, 0.1) is 18.3 Å². The van der Waals surface area contributed by atoms with Gasteiger partial charge in [0.25, 0.3) is 0 Å². The molecule has 1 N–H and O–H groups in total. The van der Waals surface area contributed by atoms with Crippen LogP contribution in [0.1, 0.15) is 19.8 Å². The maximum Gasteiger partial charge on any atom is 0.0916 e. The van der Waals surface area contributed by atoms with Gasteiger partial charge in [0, 0.05) is 13.7 Å². The largest absolute Gasteiger partial charge is 0.390 e. The fourth-order valence-electron chi connectivity index (χ4n) is 2.62. The van der Waals surface area contributed by atoms with E-state index in [9.17, 15) is 5.11 Å². The molecule has 13 heavy (non-hydrogen) atoms. The Hall–Kier alpha value is -0.120. The van der Waals surface area contributed by atoms with Gasteiger partial charge in [-0.25, -0.2) is 0 Å². The molecule has 0 aromatic carbocycles. The molecule has 3 nitrogen and oxygen atoms in total. The molecule has 1 heterocycles. The summed E-state index contributed by atoms with van der Waals surface area (Å²) in [5.41, 5.74) is -0.269. The summed E-state index contributed by atoms with van der Waals surface area (Å²) in [5, 5.41) is 9.87. The molecule has 0 aromatic heterocycles. The highest BCUT2D eigenvalue weighted by molar-refractivity contribution is 4.99. The first-order chi connectivity index (χ1) is 6.15. The lowest BCUT2D eigenvalue weighted by molar-refractivity contribution is -0.0885. The van der Waals surface area contributed by atoms with Crippen molar-refractivity contribution < 1.29 is 14.6 Å². The van der Waals surface area contributed by atoms with E-state index in [2.05, 4.69) is 0 Å². The zero-order chi connectivity index (χ0) is 9.47. The second-order valence-electron chi connectivity index (χ2n) is 4.55. The van der Waals surface area contributed by atoms with Crippen molar-refractivity contribution >= 4 is 0 Å². The summed E-state index contributed by atoms with van der Waals surface area (Å²) in [6, 6.07) is 0. The molecule has 2 bridgehead atoms. The summed E-state index contributed by atoms with van der Waals surface area (Å²) in [6.45, 7) is 3.56. The average molecular weight is 186 g/mol. The summed E-state index contributed by atoms with van der Waals surface area (Å²) in [7, 11) is 1.72. The van der Waals surface area contributed by atoms with Gasteiger partial charge in [-0.2, -0.15) is 0 Å². The molecule has 4 atom stereocenters. The van der Waals surface area contributed by atoms with Gasteiger partial charge in [0.1, 0.15) is 0 Å². The van der Waals surface area contributed by atoms with Crippen molar-refractivity contribution in [2.75, 3.05) is 20.3 Å². The minimum Gasteiger partial charge on any atom is -0.390 e. The Balaban J connectivity index is 2.05. The van der Waals surface area contributed by atoms with Crippen molar-refractivity contribution in [2.45, 2.75) is 31.5 Å². The maximum atomic E-state index is 9.87. The van der Waals surface area contributed by atoms with Crippen molar-refractivity contribution in [1.29, 1.82) is 0 Å². The number of hydrogen-bond acceptors (Lipinski definition) is 3. The van der Waals surface area contributed by atoms with Crippen molar-refractivity contribution in [3.05, 3.63) is 0 Å². The Labute approximate surface area is 79.0 Å². The standard InChI is InChI=1S/C10H18O3/c1-10-4-8(6-13-10)7(5-12-2)3-9(10)11/h7-9,11H,3-6H2,1-2H3/t7-,8-,9+,10-/m1/s1. The molecule has 3 heteroatoms. The van der Waals surface area contributed by atoms with Crippen LogP contribution in [0.2, 0.25) is 0 Å². The topological polar surface area (TPSA) is 38.7 Å². The van der Waals surface area contributed by atoms with Crippen molar-refractivity contribution in [3.63, 3.8) is 0 Å². The minimum atomic E-state index is -0.314. The average Bonchev–Trinajstić information content (AvgIpc) is 2.43. The Kier molecular flexibility index (Phi) is 2.34. The number of hydrogen-bond donors (Lipinski definition) is 1. The molecule has 1 saturated heterocycles. The molecule has 0 spiro atoms. The van der Waals surface area contributed by atoms with Crippen LogP contribution in [0, 0.1) is 11.8 Å². The Morgan fingerprint density at radius 3 is 3.08 bits per heavy atom. The van der Waals surface area contributed by atoms with Crippen molar-refractivity contribution in [1.82, 2.24) is 0 Å². The molecule has 1 saturated carbocycles. The fourth-order valence-corrected chi connectivity index (χ4v) is 2.62. The quantitative estimate of drug-likeness (QED) is 0.693. The summed E-state index contributed by atoms with van der Waals surface area (Å²) in [4.78, 5) is 0. The number of methoxy groups -OCH3 is 1. The first-order valence-electron chi connectivity index (χ1n) is 4.96. The monoisotopic (exact) mass is 186 g/mol. The van der Waals surface area contributed by atoms with E-state index in [4.69, 9.17) is 9.47 Å². The first-order valence-corrected chi connectivity index (χ1v) is 4.96. The molecule has 0 aromatic rings. The molecule has 0 unspecified atom stereocenters. The summed E-state index contributed by atoms with van der Waals surface area (Å²) < 4.78 is 10.8. The molecule has 2 aliphatic rings. The second kappa shape index (κ2) is 3.23. The zero-order valence-electron chi connectivity index (χ0n) is 8.32. The SMILES string of the molecule is COC[C@H]1C[C@H](O)[C@@]2(C)C[C@@H]1CO2. The van der Waals surface area contributed by atoms with Gasteiger partial charge < -0.3 is 14.6 Å². The lowest BCUT2D eigenvalue weighted by atomic mass is 9.73. The highest BCUT2D eigenvalue weighted by atomic mass is 16.5. The minimum absolute atomic E-state index is 0.269. The highest BCUT2D eigenvalue weighted by Crippen LogP contribution is 2.44. The van der Waals surface area contributed by atoms with E-state index < -0.39 is 0 Å². The van der Waals surface area contributed by atoms with Gasteiger partial charge in [-0.1, -0.05) is 0 Å². The molecule has 0 amide bonds. The van der Waals surface area contributed by atoms with Crippen LogP contribution in [0.4, 0.5) is 0 Å². The van der Waals surface area contributed by atoms with E-state index in [-0.39, 0.29) is 11.7 Å². The summed E-state index contributed by atoms with van der Waals surface area (Å²) >= 11 is 0. The number of ether oxygens (including phenoxy) is 2. The van der Waals surface area contributed by atoms with Gasteiger partial charge in [0.15, 0.2) is 0 Å². The van der Waals surface area contributed by atoms with Crippen LogP contribution in [-0.2, 0) is 9.47 Å². The van der Waals surface area contributed by atoms with Gasteiger partial charge in [-0.3, -0.25) is 0 Å². The molecule has 2 fully saturated rings. The van der Waals surface area contributed by atoms with Crippen LogP contribution >= 0.6 is 0 Å². The van der Waals surface area contributed by atoms with Crippen LogP contribution in [0.25, 0.3) is 0 Å². The predicted octanol–water partition coefficient (Wildman–Crippen LogP) is 0.809. The highest BCUT2D eigenvalue weighted by Gasteiger charge is 2.49. The van der Waals surface area contributed by atoms with Crippen LogP contribution in [0.15, 0.2) is 0 Å². The van der Waals surface area contributed by atoms with Crippen molar-refractivity contribution in [2.24, 2.45) is 11.8 Å². The van der Waals surface area contributed by atoms with Crippen LogP contribution in [-0.4, -0.2) is 37.1 Å². The van der Waals surface area contributed by atoms with E-state index >= 15 is 0 Å². The Bertz CT molecular complexity index is 195.